The van der Waals surface area contributed by atoms with E-state index in [4.69, 9.17) is 9.47 Å². The van der Waals surface area contributed by atoms with Crippen LogP contribution in [0.5, 0.6) is 0 Å². The van der Waals surface area contributed by atoms with E-state index in [-0.39, 0.29) is 37.9 Å². The van der Waals surface area contributed by atoms with Crippen LogP contribution in [0.1, 0.15) is 98.8 Å². The minimum absolute atomic E-state index is 0.0580. The van der Waals surface area contributed by atoms with Gasteiger partial charge in [-0.2, -0.15) is 0 Å². The molecule has 2 N–H and O–H groups in total. The summed E-state index contributed by atoms with van der Waals surface area (Å²) in [4.78, 5) is 57.9. The number of amides is 2. The number of ether oxygens (including phenoxy) is 2. The summed E-state index contributed by atoms with van der Waals surface area (Å²) in [6.45, 7) is 12.6. The lowest BCUT2D eigenvalue weighted by Crippen LogP contribution is -2.53. The van der Waals surface area contributed by atoms with Gasteiger partial charge in [-0.1, -0.05) is 76.3 Å². The lowest BCUT2D eigenvalue weighted by molar-refractivity contribution is -0.140. The molecule has 11 heteroatoms. The Hall–Kier alpha value is -3.02. The molecule has 0 aromatic carbocycles. The van der Waals surface area contributed by atoms with Crippen molar-refractivity contribution in [1.82, 2.24) is 14.7 Å². The number of carbonyl (C=O) groups is 4. The van der Waals surface area contributed by atoms with Gasteiger partial charge in [-0.15, -0.1) is 0 Å². The van der Waals surface area contributed by atoms with Gasteiger partial charge >= 0.3 is 12.2 Å². The van der Waals surface area contributed by atoms with Crippen molar-refractivity contribution in [2.45, 2.75) is 123 Å². The highest BCUT2D eigenvalue weighted by Crippen LogP contribution is 2.30. The summed E-state index contributed by atoms with van der Waals surface area (Å²) < 4.78 is 11.3. The second kappa shape index (κ2) is 20.1. The molecule has 0 aromatic heterocycles. The van der Waals surface area contributed by atoms with Crippen molar-refractivity contribution in [3.05, 3.63) is 36.0 Å². The third-order valence-electron chi connectivity index (χ3n) is 10.5. The molecule has 0 aromatic rings. The highest BCUT2D eigenvalue weighted by molar-refractivity contribution is 6.38. The molecule has 1 saturated heterocycles. The van der Waals surface area contributed by atoms with Gasteiger partial charge in [0.2, 0.25) is 11.6 Å². The molecular formula is C39H63N3O8. The molecule has 2 fully saturated rings. The number of piperazine rings is 1. The average Bonchev–Trinajstić information content (AvgIpc) is 3.37. The number of hydrogen-bond donors (Lipinski definition) is 2. The van der Waals surface area contributed by atoms with Crippen molar-refractivity contribution in [3.8, 4) is 0 Å². The van der Waals surface area contributed by atoms with Crippen molar-refractivity contribution < 1.29 is 38.9 Å². The first-order chi connectivity index (χ1) is 23.7. The average molecular weight is 702 g/mol. The van der Waals surface area contributed by atoms with Crippen molar-refractivity contribution in [2.24, 2.45) is 17.8 Å². The molecule has 1 aliphatic heterocycles. The Kier molecular flexibility index (Phi) is 16.7. The minimum Gasteiger partial charge on any atom is -0.449 e. The Labute approximate surface area is 299 Å². The van der Waals surface area contributed by atoms with E-state index in [1.165, 1.54) is 43.4 Å². The van der Waals surface area contributed by atoms with Gasteiger partial charge in [-0.05, 0) is 57.9 Å². The van der Waals surface area contributed by atoms with Crippen LogP contribution in [0.2, 0.25) is 0 Å². The third-order valence-corrected chi connectivity index (χ3v) is 10.5. The van der Waals surface area contributed by atoms with Gasteiger partial charge in [0.25, 0.3) is 0 Å². The lowest BCUT2D eigenvalue weighted by Gasteiger charge is -2.40. The van der Waals surface area contributed by atoms with Crippen molar-refractivity contribution in [3.63, 3.8) is 0 Å². The summed E-state index contributed by atoms with van der Waals surface area (Å²) in [5.74, 6) is -2.67. The zero-order chi connectivity index (χ0) is 36.8. The first-order valence-corrected chi connectivity index (χ1v) is 18.8. The van der Waals surface area contributed by atoms with Crippen molar-refractivity contribution >= 4 is 23.8 Å². The number of aliphatic hydroxyl groups is 2. The smallest absolute Gasteiger partial charge is 0.410 e. The maximum absolute atomic E-state index is 13.5. The molecule has 1 saturated carbocycles. The van der Waals surface area contributed by atoms with Crippen LogP contribution in [0.15, 0.2) is 36.0 Å². The van der Waals surface area contributed by atoms with Crippen LogP contribution in [-0.4, -0.2) is 119 Å². The molecular weight excluding hydrogens is 638 g/mol. The number of aliphatic hydroxyl groups excluding tert-OH is 1. The molecule has 0 spiro atoms. The Balaban J connectivity index is 1.73. The number of ketones is 2. The summed E-state index contributed by atoms with van der Waals surface area (Å²) >= 11 is 0. The van der Waals surface area contributed by atoms with E-state index in [2.05, 4.69) is 4.90 Å². The molecule has 0 bridgehead atoms. The fraction of sp³-hybridized carbons (Fsp3) is 0.744. The molecule has 2 aliphatic carbocycles. The number of nitrogens with zero attached hydrogens (tertiary/aromatic N) is 3. The molecule has 3 rings (SSSR count). The zero-order valence-electron chi connectivity index (χ0n) is 31.4. The minimum atomic E-state index is -1.52. The SMILES string of the molecule is CCCN(C)C(=O)OC[C@@H](C)/C=C/C=C(\C)[C@H]1C(=O)C(=O)C[C@@H](O)CC[C@](C)(O)[C@@H](OC(=O)N2CCN(C3CCCCCC3)CC2)/C=C/[C@@H]1C. The van der Waals surface area contributed by atoms with Crippen molar-refractivity contribution in [1.29, 1.82) is 0 Å². The van der Waals surface area contributed by atoms with Gasteiger partial charge in [0, 0.05) is 58.2 Å². The molecule has 3 aliphatic rings. The van der Waals surface area contributed by atoms with Gasteiger partial charge in [-0.3, -0.25) is 14.5 Å². The van der Waals surface area contributed by atoms with Crippen LogP contribution in [0.25, 0.3) is 0 Å². The maximum Gasteiger partial charge on any atom is 0.410 e. The fourth-order valence-electron chi connectivity index (χ4n) is 7.18. The Bertz CT molecular complexity index is 1210. The van der Waals surface area contributed by atoms with Gasteiger partial charge in [0.15, 0.2) is 6.10 Å². The van der Waals surface area contributed by atoms with Crippen LogP contribution >= 0.6 is 0 Å². The van der Waals surface area contributed by atoms with Crippen LogP contribution in [0, 0.1) is 17.8 Å². The predicted molar refractivity (Wildman–Crippen MR) is 194 cm³/mol. The topological polar surface area (TPSA) is 137 Å². The number of carbonyl (C=O) groups excluding carboxylic acids is 4. The van der Waals surface area contributed by atoms with E-state index in [0.29, 0.717) is 31.2 Å². The molecule has 50 heavy (non-hydrogen) atoms. The quantitative estimate of drug-likeness (QED) is 0.134. The highest BCUT2D eigenvalue weighted by Gasteiger charge is 2.38. The second-order valence-electron chi connectivity index (χ2n) is 15.0. The predicted octanol–water partition coefficient (Wildman–Crippen LogP) is 5.69. The molecule has 11 nitrogen and oxygen atoms in total. The summed E-state index contributed by atoms with van der Waals surface area (Å²) in [5.41, 5.74) is -0.878. The van der Waals surface area contributed by atoms with Crippen LogP contribution < -0.4 is 0 Å². The van der Waals surface area contributed by atoms with E-state index >= 15 is 0 Å². The Morgan fingerprint density at radius 3 is 2.38 bits per heavy atom. The van der Waals surface area contributed by atoms with Gasteiger partial charge in [0.05, 0.1) is 18.6 Å². The lowest BCUT2D eigenvalue weighted by atomic mass is 9.79. The third kappa shape index (κ3) is 12.6. The van der Waals surface area contributed by atoms with Crippen LogP contribution in [0.4, 0.5) is 9.59 Å². The largest absolute Gasteiger partial charge is 0.449 e. The van der Waals surface area contributed by atoms with Gasteiger partial charge in [-0.25, -0.2) is 9.59 Å². The summed E-state index contributed by atoms with van der Waals surface area (Å²) in [7, 11) is 1.70. The van der Waals surface area contributed by atoms with E-state index in [0.717, 1.165) is 19.5 Å². The summed E-state index contributed by atoms with van der Waals surface area (Å²) in [6, 6.07) is 0.569. The van der Waals surface area contributed by atoms with Crippen molar-refractivity contribution in [2.75, 3.05) is 46.4 Å². The normalized spacial score (nSPS) is 29.8. The molecule has 0 unspecified atom stereocenters. The van der Waals surface area contributed by atoms with E-state index in [9.17, 15) is 29.4 Å². The first kappa shape index (κ1) is 41.4. The van der Waals surface area contributed by atoms with Gasteiger partial charge < -0.3 is 29.5 Å². The fourth-order valence-corrected chi connectivity index (χ4v) is 7.18. The molecule has 2 amide bonds. The van der Waals surface area contributed by atoms with E-state index in [1.54, 1.807) is 50.1 Å². The zero-order valence-corrected chi connectivity index (χ0v) is 31.4. The monoisotopic (exact) mass is 701 g/mol. The number of allylic oxidation sites excluding steroid dienone is 4. The number of Topliss-reactive ketones (excluding diaryl/α,β-unsaturated/α-hetero) is 2. The Morgan fingerprint density at radius 1 is 1.08 bits per heavy atom. The molecule has 1 heterocycles. The van der Waals surface area contributed by atoms with Crippen LogP contribution in [0.3, 0.4) is 0 Å². The molecule has 282 valence electrons. The summed E-state index contributed by atoms with van der Waals surface area (Å²) in [6.07, 6.45) is 13.9. The molecule has 0 radical (unpaired) electrons. The number of hydrogen-bond acceptors (Lipinski definition) is 9. The van der Waals surface area contributed by atoms with E-state index in [1.807, 2.05) is 26.8 Å². The number of rotatable bonds is 9. The Morgan fingerprint density at radius 2 is 1.74 bits per heavy atom. The second-order valence-corrected chi connectivity index (χ2v) is 15.0. The summed E-state index contributed by atoms with van der Waals surface area (Å²) in [5, 5.41) is 22.2. The van der Waals surface area contributed by atoms with Crippen LogP contribution in [-0.2, 0) is 19.1 Å². The van der Waals surface area contributed by atoms with E-state index < -0.39 is 47.3 Å². The maximum atomic E-state index is 13.5. The highest BCUT2D eigenvalue weighted by atomic mass is 16.6. The molecule has 6 atom stereocenters. The standard InChI is InChI=1S/C39H63N3O8/c1-7-21-40(6)37(46)49-27-28(2)13-12-14-29(3)35-30(4)17-18-34(39(5,48)20-19-32(43)26-33(44)36(35)45)50-38(47)42-24-22-41(23-25-42)31-15-10-8-9-11-16-31/h12-14,17-18,28,30-32,34-35,43,48H,7-11,15-16,19-27H2,1-6H3/b13-12+,18-17+,29-14+/t28-,30-,32-,34-,35+,39-/m0/s1. The van der Waals surface area contributed by atoms with Gasteiger partial charge in [0.1, 0.15) is 5.60 Å². The first-order valence-electron chi connectivity index (χ1n) is 18.8.